The molecule has 0 aromatic heterocycles. The Morgan fingerprint density at radius 2 is 0.875 bits per heavy atom. The van der Waals surface area contributed by atoms with E-state index in [1.165, 1.54) is 35.1 Å². The van der Waals surface area contributed by atoms with Crippen LogP contribution in [-0.4, -0.2) is 5.78 Å². The summed E-state index contributed by atoms with van der Waals surface area (Å²) < 4.78 is 0. The van der Waals surface area contributed by atoms with Gasteiger partial charge in [0.15, 0.2) is 5.78 Å². The van der Waals surface area contributed by atoms with Gasteiger partial charge in [-0.05, 0) is 87.5 Å². The lowest BCUT2D eigenvalue weighted by Crippen LogP contribution is -2.15. The van der Waals surface area contributed by atoms with Crippen molar-refractivity contribution in [1.82, 2.24) is 0 Å². The van der Waals surface area contributed by atoms with E-state index in [1.54, 1.807) is 0 Å². The third kappa shape index (κ3) is 10.6. The first-order chi connectivity index (χ1) is 15.7. The van der Waals surface area contributed by atoms with Gasteiger partial charge in [0.2, 0.25) is 0 Å². The molecular formula is C31H54O. The summed E-state index contributed by atoms with van der Waals surface area (Å²) >= 11 is 0. The second-order valence-corrected chi connectivity index (χ2v) is 6.56. The molecule has 2 rings (SSSR count). The monoisotopic (exact) mass is 442 g/mol. The topological polar surface area (TPSA) is 17.1 Å². The minimum atomic E-state index is 0.174. The number of hydrogen-bond donors (Lipinski definition) is 0. The Labute approximate surface area is 202 Å². The Hall–Kier alpha value is -1.89. The molecule has 184 valence electrons. The van der Waals surface area contributed by atoms with E-state index in [0.29, 0.717) is 0 Å². The van der Waals surface area contributed by atoms with Gasteiger partial charge in [-0.1, -0.05) is 92.9 Å². The van der Waals surface area contributed by atoms with Crippen LogP contribution in [0.4, 0.5) is 0 Å². The van der Waals surface area contributed by atoms with Crippen LogP contribution in [0.2, 0.25) is 0 Å². The van der Waals surface area contributed by atoms with Crippen LogP contribution in [0, 0.1) is 0 Å². The van der Waals surface area contributed by atoms with Crippen LogP contribution in [-0.2, 0) is 4.79 Å². The molecule has 0 heterocycles. The van der Waals surface area contributed by atoms with Crippen molar-refractivity contribution in [1.29, 1.82) is 0 Å². The molecule has 0 aromatic rings. The van der Waals surface area contributed by atoms with Crippen molar-refractivity contribution in [3.63, 3.8) is 0 Å². The van der Waals surface area contributed by atoms with Gasteiger partial charge < -0.3 is 0 Å². The lowest BCUT2D eigenvalue weighted by atomic mass is 9.80. The van der Waals surface area contributed by atoms with Crippen LogP contribution in [0.25, 0.3) is 0 Å². The third-order valence-electron chi connectivity index (χ3n) is 5.23. The van der Waals surface area contributed by atoms with Gasteiger partial charge in [0, 0.05) is 11.1 Å². The van der Waals surface area contributed by atoms with E-state index in [1.807, 2.05) is 93.5 Å². The number of carbonyl (C=O) groups is 1. The molecule has 0 fully saturated rings. The Morgan fingerprint density at radius 3 is 1.12 bits per heavy atom. The van der Waals surface area contributed by atoms with Crippen LogP contribution in [0.5, 0.6) is 0 Å². The van der Waals surface area contributed by atoms with Gasteiger partial charge in [-0.3, -0.25) is 4.79 Å². The molecule has 1 heteroatoms. The summed E-state index contributed by atoms with van der Waals surface area (Å²) in [6, 6.07) is 0. The summed E-state index contributed by atoms with van der Waals surface area (Å²) in [7, 11) is 0. The maximum Gasteiger partial charge on any atom is 0.192 e. The standard InChI is InChI=1S/C23H30O.4C2H6/c1-5-17-13-9-11-15-21(17)19(7-3)23(24)20(8-4)22-16-12-10-14-18(22)6-2;4*1-2/h5-8H,1-2,9-16H2,3-4H3;4*1-2H3/b19-7+,20-8+;;;;. The first-order valence-corrected chi connectivity index (χ1v) is 13.2. The van der Waals surface area contributed by atoms with Crippen molar-refractivity contribution in [3.8, 4) is 0 Å². The third-order valence-corrected chi connectivity index (χ3v) is 5.23. The largest absolute Gasteiger partial charge is 0.289 e. The van der Waals surface area contributed by atoms with Crippen molar-refractivity contribution in [2.24, 2.45) is 0 Å². The summed E-state index contributed by atoms with van der Waals surface area (Å²) in [6.07, 6.45) is 16.6. The molecule has 0 aliphatic heterocycles. The van der Waals surface area contributed by atoms with Gasteiger partial charge in [0.1, 0.15) is 0 Å². The number of hydrogen-bond acceptors (Lipinski definition) is 1. The van der Waals surface area contributed by atoms with Gasteiger partial charge in [-0.25, -0.2) is 0 Å². The van der Waals surface area contributed by atoms with Crippen LogP contribution >= 0.6 is 0 Å². The van der Waals surface area contributed by atoms with E-state index >= 15 is 0 Å². The van der Waals surface area contributed by atoms with E-state index in [9.17, 15) is 4.79 Å². The Bertz CT molecular complexity index is 594. The number of allylic oxidation sites excluding steroid dienone is 10. The molecule has 0 unspecified atom stereocenters. The molecule has 0 saturated heterocycles. The lowest BCUT2D eigenvalue weighted by Gasteiger charge is -2.24. The zero-order valence-corrected chi connectivity index (χ0v) is 23.3. The van der Waals surface area contributed by atoms with Crippen molar-refractivity contribution in [2.45, 2.75) is 121 Å². The normalized spacial score (nSPS) is 15.9. The smallest absolute Gasteiger partial charge is 0.192 e. The van der Waals surface area contributed by atoms with E-state index in [-0.39, 0.29) is 5.78 Å². The highest BCUT2D eigenvalue weighted by molar-refractivity contribution is 6.14. The summed E-state index contributed by atoms with van der Waals surface area (Å²) in [5.74, 6) is 0.174. The molecular weight excluding hydrogens is 388 g/mol. The summed E-state index contributed by atoms with van der Waals surface area (Å²) in [6.45, 7) is 27.9. The highest BCUT2D eigenvalue weighted by Gasteiger charge is 2.25. The highest BCUT2D eigenvalue weighted by Crippen LogP contribution is 2.36. The fourth-order valence-corrected chi connectivity index (χ4v) is 3.95. The number of rotatable bonds is 6. The van der Waals surface area contributed by atoms with Crippen LogP contribution in [0.15, 0.2) is 70.9 Å². The average molecular weight is 443 g/mol. The van der Waals surface area contributed by atoms with E-state index in [4.69, 9.17) is 0 Å². The second kappa shape index (κ2) is 23.8. The number of carbonyl (C=O) groups excluding carboxylic acids is 1. The molecule has 0 radical (unpaired) electrons. The van der Waals surface area contributed by atoms with Gasteiger partial charge in [-0.15, -0.1) is 0 Å². The van der Waals surface area contributed by atoms with Crippen LogP contribution in [0.3, 0.4) is 0 Å². The molecule has 32 heavy (non-hydrogen) atoms. The first kappa shape index (κ1) is 34.7. The number of Topliss-reactive ketones (excluding diaryl/α,β-unsaturated/α-hetero) is 1. The predicted octanol–water partition coefficient (Wildman–Crippen LogP) is 10.7. The lowest BCUT2D eigenvalue weighted by molar-refractivity contribution is -0.111. The molecule has 0 aromatic carbocycles. The van der Waals surface area contributed by atoms with Crippen molar-refractivity contribution < 1.29 is 4.79 Å². The zero-order chi connectivity index (χ0) is 25.5. The Morgan fingerprint density at radius 1 is 0.594 bits per heavy atom. The summed E-state index contributed by atoms with van der Waals surface area (Å²) in [4.78, 5) is 13.4. The molecule has 0 bridgehead atoms. The van der Waals surface area contributed by atoms with Gasteiger partial charge in [0.05, 0.1) is 0 Å². The summed E-state index contributed by atoms with van der Waals surface area (Å²) in [5.41, 5.74) is 6.66. The van der Waals surface area contributed by atoms with E-state index < -0.39 is 0 Å². The molecule has 1 nitrogen and oxygen atoms in total. The Kier molecular flexibility index (Phi) is 25.8. The van der Waals surface area contributed by atoms with Crippen molar-refractivity contribution in [3.05, 3.63) is 70.9 Å². The minimum Gasteiger partial charge on any atom is -0.289 e. The predicted molar refractivity (Wildman–Crippen MR) is 149 cm³/mol. The van der Waals surface area contributed by atoms with Crippen LogP contribution in [0.1, 0.15) is 121 Å². The molecule has 0 amide bonds. The fourth-order valence-electron chi connectivity index (χ4n) is 3.95. The second-order valence-electron chi connectivity index (χ2n) is 6.56. The number of ketones is 1. The average Bonchev–Trinajstić information content (AvgIpc) is 2.90. The molecule has 2 aliphatic rings. The molecule has 2 aliphatic carbocycles. The molecule has 0 spiro atoms. The van der Waals surface area contributed by atoms with Gasteiger partial charge >= 0.3 is 0 Å². The zero-order valence-electron chi connectivity index (χ0n) is 23.3. The maximum atomic E-state index is 13.4. The maximum absolute atomic E-state index is 13.4. The fraction of sp³-hybridized carbons (Fsp3) is 0.581. The van der Waals surface area contributed by atoms with Crippen molar-refractivity contribution >= 4 is 5.78 Å². The minimum absolute atomic E-state index is 0.174. The molecule has 0 saturated carbocycles. The highest BCUT2D eigenvalue weighted by atomic mass is 16.1. The van der Waals surface area contributed by atoms with E-state index in [0.717, 1.165) is 49.7 Å². The van der Waals surface area contributed by atoms with Crippen molar-refractivity contribution in [2.75, 3.05) is 0 Å². The van der Waals surface area contributed by atoms with Gasteiger partial charge in [-0.2, -0.15) is 0 Å². The summed E-state index contributed by atoms with van der Waals surface area (Å²) in [5, 5.41) is 0. The van der Waals surface area contributed by atoms with Crippen LogP contribution < -0.4 is 0 Å². The molecule has 0 N–H and O–H groups in total. The molecule has 0 atom stereocenters. The van der Waals surface area contributed by atoms with E-state index in [2.05, 4.69) is 13.2 Å². The Balaban J connectivity index is -0.000000945. The van der Waals surface area contributed by atoms with Gasteiger partial charge in [0.25, 0.3) is 0 Å². The quantitative estimate of drug-likeness (QED) is 0.374. The first-order valence-electron chi connectivity index (χ1n) is 13.2. The SMILES string of the molecule is C=CC1=C(/C(=C\C)C(=O)/C(=C/C)C2=C(C=C)CCCC2)CCCC1.CC.CC.CC.CC.